The van der Waals surface area contributed by atoms with E-state index in [4.69, 9.17) is 11.6 Å². The molecule has 0 bridgehead atoms. The zero-order valence-electron chi connectivity index (χ0n) is 10.2. The number of amides is 1. The number of carbonyl (C=O) groups excluding carboxylic acids is 1. The maximum atomic E-state index is 11.9. The van der Waals surface area contributed by atoms with E-state index in [0.717, 1.165) is 11.6 Å². The minimum atomic E-state index is -0.648. The highest BCUT2D eigenvalue weighted by molar-refractivity contribution is 6.31. The quantitative estimate of drug-likeness (QED) is 0.693. The standard InChI is InChI=1S/C13H10ClN3O3/c14-11-4-2-1-3-10(11)8-16-13(18)9-5-6-15-12(7-9)17(19)20/h1-7H,8H2,(H,16,18). The third-order valence-corrected chi connectivity index (χ3v) is 2.96. The molecule has 1 amide bonds. The molecular weight excluding hydrogens is 282 g/mol. The van der Waals surface area contributed by atoms with Crippen LogP contribution in [0.3, 0.4) is 0 Å². The highest BCUT2D eigenvalue weighted by atomic mass is 35.5. The van der Waals surface area contributed by atoms with Crippen LogP contribution in [0, 0.1) is 10.1 Å². The molecule has 1 aromatic carbocycles. The van der Waals surface area contributed by atoms with Crippen LogP contribution in [0.5, 0.6) is 0 Å². The molecule has 1 aromatic heterocycles. The highest BCUT2D eigenvalue weighted by Gasteiger charge is 2.13. The summed E-state index contributed by atoms with van der Waals surface area (Å²) in [5.41, 5.74) is 0.949. The smallest absolute Gasteiger partial charge is 0.358 e. The van der Waals surface area contributed by atoms with Crippen molar-refractivity contribution in [3.63, 3.8) is 0 Å². The van der Waals surface area contributed by atoms with Gasteiger partial charge in [-0.15, -0.1) is 0 Å². The third kappa shape index (κ3) is 3.30. The molecule has 102 valence electrons. The lowest BCUT2D eigenvalue weighted by Crippen LogP contribution is -2.23. The topological polar surface area (TPSA) is 85.1 Å². The minimum absolute atomic E-state index is 0.179. The zero-order chi connectivity index (χ0) is 14.5. The first-order chi connectivity index (χ1) is 9.58. The molecule has 0 saturated heterocycles. The monoisotopic (exact) mass is 291 g/mol. The van der Waals surface area contributed by atoms with Crippen molar-refractivity contribution >= 4 is 23.3 Å². The Bertz CT molecular complexity index is 661. The second kappa shape index (κ2) is 6.12. The van der Waals surface area contributed by atoms with Gasteiger partial charge >= 0.3 is 5.82 Å². The average Bonchev–Trinajstić information content (AvgIpc) is 2.46. The normalized spacial score (nSPS) is 10.1. The predicted molar refractivity (Wildman–Crippen MR) is 73.5 cm³/mol. The van der Waals surface area contributed by atoms with Gasteiger partial charge in [0.25, 0.3) is 5.91 Å². The lowest BCUT2D eigenvalue weighted by Gasteiger charge is -2.06. The zero-order valence-corrected chi connectivity index (χ0v) is 11.0. The van der Waals surface area contributed by atoms with Crippen LogP contribution in [-0.2, 0) is 6.54 Å². The molecule has 0 spiro atoms. The Morgan fingerprint density at radius 2 is 2.10 bits per heavy atom. The molecule has 20 heavy (non-hydrogen) atoms. The number of pyridine rings is 1. The Kier molecular flexibility index (Phi) is 4.27. The van der Waals surface area contributed by atoms with Gasteiger partial charge in [0, 0.05) is 17.6 Å². The van der Waals surface area contributed by atoms with Crippen LogP contribution in [0.1, 0.15) is 15.9 Å². The van der Waals surface area contributed by atoms with E-state index in [2.05, 4.69) is 10.3 Å². The molecule has 0 saturated carbocycles. The van der Waals surface area contributed by atoms with Gasteiger partial charge in [0.05, 0.1) is 5.56 Å². The molecule has 2 aromatic rings. The fourth-order valence-corrected chi connectivity index (χ4v) is 1.78. The van der Waals surface area contributed by atoms with Crippen LogP contribution < -0.4 is 5.32 Å². The van der Waals surface area contributed by atoms with E-state index in [0.29, 0.717) is 5.02 Å². The third-order valence-electron chi connectivity index (χ3n) is 2.59. The summed E-state index contributed by atoms with van der Waals surface area (Å²) in [6.07, 6.45) is 1.22. The molecule has 0 aliphatic heterocycles. The van der Waals surface area contributed by atoms with Crippen LogP contribution in [0.15, 0.2) is 42.6 Å². The average molecular weight is 292 g/mol. The van der Waals surface area contributed by atoms with Crippen LogP contribution >= 0.6 is 11.6 Å². The molecule has 0 unspecified atom stereocenters. The molecule has 2 rings (SSSR count). The van der Waals surface area contributed by atoms with Crippen molar-refractivity contribution in [3.8, 4) is 0 Å². The van der Waals surface area contributed by atoms with E-state index in [-0.39, 0.29) is 17.9 Å². The van der Waals surface area contributed by atoms with Crippen molar-refractivity contribution < 1.29 is 9.72 Å². The molecule has 0 radical (unpaired) electrons. The van der Waals surface area contributed by atoms with Gasteiger partial charge in [-0.05, 0) is 27.6 Å². The summed E-state index contributed by atoms with van der Waals surface area (Å²) in [6, 6.07) is 9.65. The molecule has 0 aliphatic carbocycles. The van der Waals surface area contributed by atoms with Gasteiger partial charge in [-0.1, -0.05) is 29.8 Å². The molecule has 1 N–H and O–H groups in total. The van der Waals surface area contributed by atoms with E-state index in [1.54, 1.807) is 18.2 Å². The van der Waals surface area contributed by atoms with Crippen molar-refractivity contribution in [2.75, 3.05) is 0 Å². The van der Waals surface area contributed by atoms with E-state index in [1.807, 2.05) is 6.07 Å². The summed E-state index contributed by atoms with van der Waals surface area (Å²) in [4.78, 5) is 25.4. The van der Waals surface area contributed by atoms with Crippen molar-refractivity contribution in [2.24, 2.45) is 0 Å². The van der Waals surface area contributed by atoms with Gasteiger partial charge in [0.1, 0.15) is 6.20 Å². The Hall–Kier alpha value is -2.47. The number of benzene rings is 1. The maximum Gasteiger partial charge on any atom is 0.364 e. The van der Waals surface area contributed by atoms with Crippen LogP contribution in [0.25, 0.3) is 0 Å². The number of nitrogens with one attached hydrogen (secondary N) is 1. The Labute approximate surface area is 119 Å². The molecule has 1 heterocycles. The molecule has 0 fully saturated rings. The minimum Gasteiger partial charge on any atom is -0.358 e. The second-order valence-corrected chi connectivity index (χ2v) is 4.34. The Morgan fingerprint density at radius 1 is 1.35 bits per heavy atom. The summed E-state index contributed by atoms with van der Waals surface area (Å²) >= 11 is 5.97. The fourth-order valence-electron chi connectivity index (χ4n) is 1.58. The van der Waals surface area contributed by atoms with Gasteiger partial charge in [-0.25, -0.2) is 0 Å². The number of halogens is 1. The number of nitro groups is 1. The number of aromatic nitrogens is 1. The van der Waals surface area contributed by atoms with Gasteiger partial charge < -0.3 is 15.4 Å². The summed E-state index contributed by atoms with van der Waals surface area (Å²) in [5.74, 6) is -0.786. The summed E-state index contributed by atoms with van der Waals surface area (Å²) in [5, 5.41) is 13.8. The van der Waals surface area contributed by atoms with Crippen molar-refractivity contribution in [1.29, 1.82) is 0 Å². The summed E-state index contributed by atoms with van der Waals surface area (Å²) < 4.78 is 0. The first-order valence-corrected chi connectivity index (χ1v) is 6.08. The van der Waals surface area contributed by atoms with E-state index < -0.39 is 10.8 Å². The van der Waals surface area contributed by atoms with Crippen LogP contribution in [-0.4, -0.2) is 15.8 Å². The van der Waals surface area contributed by atoms with E-state index in [9.17, 15) is 14.9 Å². The SMILES string of the molecule is O=C(NCc1ccccc1Cl)c1ccnc([N+](=O)[O-])c1. The lowest BCUT2D eigenvalue weighted by molar-refractivity contribution is -0.389. The number of hydrogen-bond acceptors (Lipinski definition) is 4. The van der Waals surface area contributed by atoms with E-state index >= 15 is 0 Å². The maximum absolute atomic E-state index is 11.9. The van der Waals surface area contributed by atoms with E-state index in [1.165, 1.54) is 12.3 Å². The first-order valence-electron chi connectivity index (χ1n) is 5.70. The van der Waals surface area contributed by atoms with Crippen molar-refractivity contribution in [3.05, 3.63) is 68.9 Å². The largest absolute Gasteiger partial charge is 0.364 e. The highest BCUT2D eigenvalue weighted by Crippen LogP contribution is 2.15. The van der Waals surface area contributed by atoms with Crippen LogP contribution in [0.2, 0.25) is 5.02 Å². The molecule has 0 atom stereocenters. The fraction of sp³-hybridized carbons (Fsp3) is 0.0769. The van der Waals surface area contributed by atoms with Gasteiger partial charge in [0.2, 0.25) is 0 Å². The molecular formula is C13H10ClN3O3. The number of nitrogens with zero attached hydrogens (tertiary/aromatic N) is 2. The second-order valence-electron chi connectivity index (χ2n) is 3.93. The molecule has 6 nitrogen and oxygen atoms in total. The number of rotatable bonds is 4. The number of hydrogen-bond donors (Lipinski definition) is 1. The first kappa shape index (κ1) is 14.0. The van der Waals surface area contributed by atoms with Gasteiger partial charge in [0.15, 0.2) is 0 Å². The van der Waals surface area contributed by atoms with Crippen molar-refractivity contribution in [1.82, 2.24) is 10.3 Å². The van der Waals surface area contributed by atoms with Crippen molar-refractivity contribution in [2.45, 2.75) is 6.54 Å². The van der Waals surface area contributed by atoms with Gasteiger partial charge in [-0.2, -0.15) is 0 Å². The van der Waals surface area contributed by atoms with Crippen LogP contribution in [0.4, 0.5) is 5.82 Å². The molecule has 7 heteroatoms. The predicted octanol–water partition coefficient (Wildman–Crippen LogP) is 2.57. The van der Waals surface area contributed by atoms with Gasteiger partial charge in [-0.3, -0.25) is 4.79 Å². The Balaban J connectivity index is 2.07. The summed E-state index contributed by atoms with van der Waals surface area (Å²) in [7, 11) is 0. The Morgan fingerprint density at radius 3 is 2.80 bits per heavy atom. The molecule has 0 aliphatic rings. The lowest BCUT2D eigenvalue weighted by atomic mass is 10.2. The number of carbonyl (C=O) groups is 1. The summed E-state index contributed by atoms with van der Waals surface area (Å²) in [6.45, 7) is 0.245.